The Hall–Kier alpha value is -3.35. The highest BCUT2D eigenvalue weighted by molar-refractivity contribution is 5.94. The van der Waals surface area contributed by atoms with Crippen molar-refractivity contribution in [2.75, 3.05) is 13.1 Å². The molecule has 1 aliphatic rings. The second kappa shape index (κ2) is 8.57. The van der Waals surface area contributed by atoms with Crippen molar-refractivity contribution < 1.29 is 18.3 Å². The summed E-state index contributed by atoms with van der Waals surface area (Å²) < 4.78 is 32.9. The van der Waals surface area contributed by atoms with Gasteiger partial charge in [0.25, 0.3) is 5.91 Å². The molecular formula is C23H21F2N3O2. The van der Waals surface area contributed by atoms with Gasteiger partial charge >= 0.3 is 0 Å². The number of piperidine rings is 1. The van der Waals surface area contributed by atoms with Crippen molar-refractivity contribution in [3.8, 4) is 11.5 Å². The van der Waals surface area contributed by atoms with Crippen LogP contribution in [0.5, 0.6) is 11.5 Å². The highest BCUT2D eigenvalue weighted by Gasteiger charge is 2.26. The minimum Gasteiger partial charge on any atom is -0.454 e. The summed E-state index contributed by atoms with van der Waals surface area (Å²) >= 11 is 0. The second-order valence-electron chi connectivity index (χ2n) is 7.37. The number of hydrogen-bond donors (Lipinski definition) is 0. The molecule has 0 N–H and O–H groups in total. The number of ether oxygens (including phenoxy) is 1. The maximum absolute atomic E-state index is 14.5. The predicted octanol–water partition coefficient (Wildman–Crippen LogP) is 4.88. The van der Waals surface area contributed by atoms with Crippen LogP contribution in [0.25, 0.3) is 0 Å². The number of nitrogens with zero attached hydrogens (tertiary/aromatic N) is 3. The van der Waals surface area contributed by atoms with Crippen molar-refractivity contribution in [3.63, 3.8) is 0 Å². The van der Waals surface area contributed by atoms with Crippen LogP contribution in [0.2, 0.25) is 0 Å². The van der Waals surface area contributed by atoms with Gasteiger partial charge in [0.2, 0.25) is 0 Å². The standard InChI is InChI=1S/C23H21F2N3O2/c1-15-2-8-21(27-26-15)16-10-12-28(13-11-16)23(29)17-3-9-22(20(25)14-17)30-19-6-4-18(24)5-7-19/h2-9,14,16H,10-13H2,1H3. The van der Waals surface area contributed by atoms with E-state index >= 15 is 0 Å². The van der Waals surface area contributed by atoms with Gasteiger partial charge in [-0.1, -0.05) is 0 Å². The molecule has 7 heteroatoms. The Morgan fingerprint density at radius 3 is 2.37 bits per heavy atom. The molecule has 1 aliphatic heterocycles. The van der Waals surface area contributed by atoms with E-state index in [4.69, 9.17) is 4.74 Å². The lowest BCUT2D eigenvalue weighted by atomic mass is 9.93. The number of amides is 1. The highest BCUT2D eigenvalue weighted by Crippen LogP contribution is 2.29. The van der Waals surface area contributed by atoms with Crippen molar-refractivity contribution in [2.24, 2.45) is 0 Å². The Bertz CT molecular complexity index is 1030. The predicted molar refractivity (Wildman–Crippen MR) is 108 cm³/mol. The van der Waals surface area contributed by atoms with Crippen molar-refractivity contribution in [1.29, 1.82) is 0 Å². The molecule has 0 radical (unpaired) electrons. The molecule has 1 fully saturated rings. The first-order valence-corrected chi connectivity index (χ1v) is 9.82. The van der Waals surface area contributed by atoms with Gasteiger partial charge < -0.3 is 9.64 Å². The summed E-state index contributed by atoms with van der Waals surface area (Å²) in [5.74, 6) is -0.691. The number of aromatic nitrogens is 2. The maximum atomic E-state index is 14.5. The van der Waals surface area contributed by atoms with Gasteiger partial charge in [-0.05, 0) is 74.4 Å². The monoisotopic (exact) mass is 409 g/mol. The average molecular weight is 409 g/mol. The van der Waals surface area contributed by atoms with Gasteiger partial charge in [-0.15, -0.1) is 0 Å². The molecule has 30 heavy (non-hydrogen) atoms. The smallest absolute Gasteiger partial charge is 0.253 e. The van der Waals surface area contributed by atoms with Gasteiger partial charge in [0.05, 0.1) is 11.4 Å². The zero-order valence-electron chi connectivity index (χ0n) is 16.5. The average Bonchev–Trinajstić information content (AvgIpc) is 2.77. The fourth-order valence-electron chi connectivity index (χ4n) is 3.53. The van der Waals surface area contributed by atoms with E-state index in [0.717, 1.165) is 24.2 Å². The van der Waals surface area contributed by atoms with Crippen LogP contribution in [0.15, 0.2) is 54.6 Å². The van der Waals surface area contributed by atoms with Crippen molar-refractivity contribution in [1.82, 2.24) is 15.1 Å². The van der Waals surface area contributed by atoms with Crippen LogP contribution in [0.3, 0.4) is 0 Å². The molecule has 0 saturated carbocycles. The molecule has 0 unspecified atom stereocenters. The van der Waals surface area contributed by atoms with Crippen LogP contribution in [0, 0.1) is 18.6 Å². The van der Waals surface area contributed by atoms with Gasteiger partial charge in [0.1, 0.15) is 11.6 Å². The molecule has 4 rings (SSSR count). The molecule has 5 nitrogen and oxygen atoms in total. The maximum Gasteiger partial charge on any atom is 0.253 e. The van der Waals surface area contributed by atoms with Gasteiger partial charge in [-0.3, -0.25) is 4.79 Å². The second-order valence-corrected chi connectivity index (χ2v) is 7.37. The fourth-order valence-corrected chi connectivity index (χ4v) is 3.53. The quantitative estimate of drug-likeness (QED) is 0.617. The van der Waals surface area contributed by atoms with E-state index in [1.165, 1.54) is 36.4 Å². The fraction of sp³-hybridized carbons (Fsp3) is 0.261. The molecule has 0 bridgehead atoms. The van der Waals surface area contributed by atoms with Crippen LogP contribution in [-0.4, -0.2) is 34.1 Å². The Morgan fingerprint density at radius 2 is 1.73 bits per heavy atom. The molecule has 0 atom stereocenters. The molecule has 0 aliphatic carbocycles. The van der Waals surface area contributed by atoms with Gasteiger partial charge in [0.15, 0.2) is 11.6 Å². The van der Waals surface area contributed by atoms with E-state index < -0.39 is 11.6 Å². The molecule has 1 aromatic heterocycles. The van der Waals surface area contributed by atoms with E-state index in [0.29, 0.717) is 18.8 Å². The molecular weight excluding hydrogens is 388 g/mol. The van der Waals surface area contributed by atoms with E-state index in [1.807, 2.05) is 19.1 Å². The summed E-state index contributed by atoms with van der Waals surface area (Å²) in [5, 5.41) is 8.36. The number of carbonyl (C=O) groups excluding carboxylic acids is 1. The van der Waals surface area contributed by atoms with E-state index in [9.17, 15) is 13.6 Å². The van der Waals surface area contributed by atoms with E-state index in [-0.39, 0.29) is 23.1 Å². The Labute approximate surface area is 173 Å². The third-order valence-electron chi connectivity index (χ3n) is 5.24. The van der Waals surface area contributed by atoms with Crippen LogP contribution in [0.4, 0.5) is 8.78 Å². The SMILES string of the molecule is Cc1ccc(C2CCN(C(=O)c3ccc(Oc4ccc(F)cc4)c(F)c3)CC2)nn1. The van der Waals surface area contributed by atoms with E-state index in [1.54, 1.807) is 11.0 Å². The Kier molecular flexibility index (Phi) is 5.70. The summed E-state index contributed by atoms with van der Waals surface area (Å²) in [4.78, 5) is 14.5. The van der Waals surface area contributed by atoms with Crippen molar-refractivity contribution in [2.45, 2.75) is 25.7 Å². The van der Waals surface area contributed by atoms with Crippen LogP contribution < -0.4 is 4.74 Å². The highest BCUT2D eigenvalue weighted by atomic mass is 19.1. The Morgan fingerprint density at radius 1 is 1.00 bits per heavy atom. The number of carbonyl (C=O) groups is 1. The van der Waals surface area contributed by atoms with Crippen molar-refractivity contribution >= 4 is 5.91 Å². The van der Waals surface area contributed by atoms with Crippen molar-refractivity contribution in [3.05, 3.63) is 83.2 Å². The van der Waals surface area contributed by atoms with Gasteiger partial charge in [-0.2, -0.15) is 10.2 Å². The molecule has 154 valence electrons. The number of aryl methyl sites for hydroxylation is 1. The zero-order valence-corrected chi connectivity index (χ0v) is 16.5. The van der Waals surface area contributed by atoms with Crippen LogP contribution >= 0.6 is 0 Å². The number of benzene rings is 2. The summed E-state index contributed by atoms with van der Waals surface area (Å²) in [6, 6.07) is 13.4. The van der Waals surface area contributed by atoms with Gasteiger partial charge in [0, 0.05) is 24.6 Å². The lowest BCUT2D eigenvalue weighted by Crippen LogP contribution is -2.38. The molecule has 1 amide bonds. The minimum absolute atomic E-state index is 0.0187. The molecule has 2 aromatic carbocycles. The minimum atomic E-state index is -0.644. The summed E-state index contributed by atoms with van der Waals surface area (Å²) in [7, 11) is 0. The normalized spacial score (nSPS) is 14.6. The molecule has 0 spiro atoms. The largest absolute Gasteiger partial charge is 0.454 e. The third kappa shape index (κ3) is 4.45. The lowest BCUT2D eigenvalue weighted by Gasteiger charge is -2.31. The molecule has 3 aromatic rings. The molecule has 1 saturated heterocycles. The molecule has 2 heterocycles. The summed E-state index contributed by atoms with van der Waals surface area (Å²) in [6.45, 7) is 3.05. The van der Waals surface area contributed by atoms with Gasteiger partial charge in [-0.25, -0.2) is 8.78 Å². The first-order chi connectivity index (χ1) is 14.5. The number of hydrogen-bond acceptors (Lipinski definition) is 4. The number of rotatable bonds is 4. The Balaban J connectivity index is 1.39. The van der Waals surface area contributed by atoms with Crippen LogP contribution in [0.1, 0.15) is 40.5 Å². The summed E-state index contributed by atoms with van der Waals surface area (Å²) in [5.41, 5.74) is 2.09. The topological polar surface area (TPSA) is 55.3 Å². The summed E-state index contributed by atoms with van der Waals surface area (Å²) in [6.07, 6.45) is 1.58. The zero-order chi connectivity index (χ0) is 21.1. The first kappa shape index (κ1) is 19.9. The number of likely N-dealkylation sites (tertiary alicyclic amines) is 1. The third-order valence-corrected chi connectivity index (χ3v) is 5.24. The van der Waals surface area contributed by atoms with Crippen LogP contribution in [-0.2, 0) is 0 Å². The lowest BCUT2D eigenvalue weighted by molar-refractivity contribution is 0.0711. The first-order valence-electron chi connectivity index (χ1n) is 9.82. The number of halogens is 2. The van der Waals surface area contributed by atoms with E-state index in [2.05, 4.69) is 10.2 Å².